The first-order chi connectivity index (χ1) is 16.3. The third-order valence-electron chi connectivity index (χ3n) is 5.86. The van der Waals surface area contributed by atoms with E-state index in [4.69, 9.17) is 4.74 Å². The molecule has 34 heavy (non-hydrogen) atoms. The van der Waals surface area contributed by atoms with E-state index < -0.39 is 0 Å². The number of nitrogens with one attached hydrogen (secondary N) is 2. The van der Waals surface area contributed by atoms with E-state index in [2.05, 4.69) is 10.6 Å². The molecule has 0 aliphatic carbocycles. The van der Waals surface area contributed by atoms with Gasteiger partial charge in [0.1, 0.15) is 11.5 Å². The van der Waals surface area contributed by atoms with Crippen LogP contribution in [0.15, 0.2) is 36.4 Å². The highest BCUT2D eigenvalue weighted by atomic mass is 16.5. The van der Waals surface area contributed by atoms with Gasteiger partial charge in [-0.25, -0.2) is 0 Å². The van der Waals surface area contributed by atoms with Crippen molar-refractivity contribution in [2.45, 2.75) is 33.1 Å². The van der Waals surface area contributed by atoms with Gasteiger partial charge in [0.05, 0.1) is 12.7 Å². The smallest absolute Gasteiger partial charge is 0.255 e. The standard InChI is InChI=1S/C26H33N3O5/c1-17(2)26(33)29-13-4-5-24(31)27-11-10-18-6-8-22(30)20(15-18)19-7-9-23(34-3)21(16-19)25(32)28-12-14-29/h6-9,15-17,30H,4-5,10-14H2,1-3H3,(H,27,31)(H,28,32). The number of fused-ring (bicyclic) bond motifs is 5. The van der Waals surface area contributed by atoms with Gasteiger partial charge in [-0.2, -0.15) is 0 Å². The molecular formula is C26H33N3O5. The summed E-state index contributed by atoms with van der Waals surface area (Å²) in [7, 11) is 1.50. The lowest BCUT2D eigenvalue weighted by Crippen LogP contribution is -2.41. The number of nitrogens with zero attached hydrogens (tertiary/aromatic N) is 1. The number of hydrogen-bond acceptors (Lipinski definition) is 5. The summed E-state index contributed by atoms with van der Waals surface area (Å²) in [6.07, 6.45) is 1.45. The minimum atomic E-state index is -0.327. The Morgan fingerprint density at radius 1 is 1.00 bits per heavy atom. The molecule has 4 bridgehead atoms. The molecule has 1 aliphatic rings. The predicted octanol–water partition coefficient (Wildman–Crippen LogP) is 2.73. The van der Waals surface area contributed by atoms with Crippen LogP contribution in [0.25, 0.3) is 11.1 Å². The van der Waals surface area contributed by atoms with Crippen LogP contribution in [0, 0.1) is 5.92 Å². The van der Waals surface area contributed by atoms with E-state index in [9.17, 15) is 19.5 Å². The largest absolute Gasteiger partial charge is 0.507 e. The van der Waals surface area contributed by atoms with Crippen LogP contribution in [0.2, 0.25) is 0 Å². The Morgan fingerprint density at radius 2 is 1.79 bits per heavy atom. The summed E-state index contributed by atoms with van der Waals surface area (Å²) >= 11 is 0. The molecule has 2 aromatic carbocycles. The number of ether oxygens (including phenoxy) is 1. The fourth-order valence-corrected chi connectivity index (χ4v) is 3.98. The van der Waals surface area contributed by atoms with Gasteiger partial charge in [0.2, 0.25) is 11.8 Å². The fourth-order valence-electron chi connectivity index (χ4n) is 3.98. The lowest BCUT2D eigenvalue weighted by molar-refractivity contribution is -0.134. The third-order valence-corrected chi connectivity index (χ3v) is 5.86. The SMILES string of the molecule is COc1ccc2cc1C(=O)NCCN(C(=O)C(C)C)CCCC(=O)NCCc1ccc(O)c-2c1. The second-order valence-electron chi connectivity index (χ2n) is 8.71. The van der Waals surface area contributed by atoms with Crippen molar-refractivity contribution in [2.75, 3.05) is 33.3 Å². The monoisotopic (exact) mass is 467 g/mol. The number of carbonyl (C=O) groups excluding carboxylic acids is 3. The van der Waals surface area contributed by atoms with Gasteiger partial charge in [0.15, 0.2) is 0 Å². The molecule has 2 aromatic rings. The minimum absolute atomic E-state index is 0.0161. The maximum atomic E-state index is 13.0. The van der Waals surface area contributed by atoms with Crippen LogP contribution in [0.3, 0.4) is 0 Å². The molecule has 0 radical (unpaired) electrons. The molecule has 8 nitrogen and oxygen atoms in total. The van der Waals surface area contributed by atoms with Crippen LogP contribution in [0.4, 0.5) is 0 Å². The summed E-state index contributed by atoms with van der Waals surface area (Å²) in [4.78, 5) is 39.6. The quantitative estimate of drug-likeness (QED) is 0.630. The number of amides is 3. The van der Waals surface area contributed by atoms with Crippen molar-refractivity contribution in [1.82, 2.24) is 15.5 Å². The summed E-state index contributed by atoms with van der Waals surface area (Å²) < 4.78 is 5.39. The van der Waals surface area contributed by atoms with E-state index in [-0.39, 0.29) is 35.9 Å². The van der Waals surface area contributed by atoms with Crippen LogP contribution in [0.5, 0.6) is 11.5 Å². The number of benzene rings is 2. The molecule has 0 aromatic heterocycles. The van der Waals surface area contributed by atoms with Crippen molar-refractivity contribution in [1.29, 1.82) is 0 Å². The number of carbonyl (C=O) groups is 3. The highest BCUT2D eigenvalue weighted by molar-refractivity contribution is 5.98. The number of methoxy groups -OCH3 is 1. The Labute approximate surface area is 200 Å². The maximum absolute atomic E-state index is 13.0. The molecule has 0 saturated heterocycles. The van der Waals surface area contributed by atoms with Crippen LogP contribution in [0.1, 0.15) is 42.6 Å². The van der Waals surface area contributed by atoms with E-state index in [0.717, 1.165) is 5.56 Å². The number of rotatable bonds is 2. The second kappa shape index (κ2) is 11.5. The summed E-state index contributed by atoms with van der Waals surface area (Å²) in [6, 6.07) is 10.5. The van der Waals surface area contributed by atoms with Crippen LogP contribution in [-0.2, 0) is 16.0 Å². The molecule has 0 fully saturated rings. The van der Waals surface area contributed by atoms with E-state index in [1.807, 2.05) is 26.0 Å². The van der Waals surface area contributed by atoms with Gasteiger partial charge in [-0.3, -0.25) is 14.4 Å². The number of phenolic OH excluding ortho intramolecular Hbond substituents is 1. The van der Waals surface area contributed by atoms with E-state index in [0.29, 0.717) is 61.3 Å². The minimum Gasteiger partial charge on any atom is -0.507 e. The first-order valence-electron chi connectivity index (χ1n) is 11.6. The Hall–Kier alpha value is -3.55. The highest BCUT2D eigenvalue weighted by Gasteiger charge is 2.19. The summed E-state index contributed by atoms with van der Waals surface area (Å²) in [6.45, 7) is 5.18. The lowest BCUT2D eigenvalue weighted by atomic mass is 9.98. The van der Waals surface area contributed by atoms with Crippen LogP contribution >= 0.6 is 0 Å². The first kappa shape index (κ1) is 25.1. The Balaban J connectivity index is 1.93. The molecule has 8 heteroatoms. The molecule has 0 atom stereocenters. The zero-order chi connectivity index (χ0) is 24.7. The van der Waals surface area contributed by atoms with E-state index in [1.54, 1.807) is 29.2 Å². The summed E-state index contributed by atoms with van der Waals surface area (Å²) in [5.74, 6) is -0.0684. The Bertz CT molecular complexity index is 1050. The number of hydrogen-bond donors (Lipinski definition) is 3. The van der Waals surface area contributed by atoms with Crippen molar-refractivity contribution in [3.8, 4) is 22.6 Å². The van der Waals surface area contributed by atoms with Gasteiger partial charge < -0.3 is 25.4 Å². The van der Waals surface area contributed by atoms with Gasteiger partial charge in [-0.15, -0.1) is 0 Å². The number of phenols is 1. The van der Waals surface area contributed by atoms with Crippen molar-refractivity contribution in [3.05, 3.63) is 47.5 Å². The Morgan fingerprint density at radius 3 is 2.53 bits per heavy atom. The van der Waals surface area contributed by atoms with Gasteiger partial charge in [0, 0.05) is 44.1 Å². The van der Waals surface area contributed by atoms with Crippen molar-refractivity contribution >= 4 is 17.7 Å². The molecule has 1 aliphatic heterocycles. The van der Waals surface area contributed by atoms with Crippen molar-refractivity contribution in [2.24, 2.45) is 5.92 Å². The molecule has 3 rings (SSSR count). The molecule has 3 N–H and O–H groups in total. The van der Waals surface area contributed by atoms with Gasteiger partial charge in [0.25, 0.3) is 5.91 Å². The highest BCUT2D eigenvalue weighted by Crippen LogP contribution is 2.33. The third kappa shape index (κ3) is 6.27. The number of aromatic hydroxyl groups is 1. The van der Waals surface area contributed by atoms with Crippen molar-refractivity contribution < 1.29 is 24.2 Å². The van der Waals surface area contributed by atoms with Gasteiger partial charge >= 0.3 is 0 Å². The molecule has 182 valence electrons. The second-order valence-corrected chi connectivity index (χ2v) is 8.71. The Kier molecular flexibility index (Phi) is 8.51. The van der Waals surface area contributed by atoms with E-state index in [1.165, 1.54) is 7.11 Å². The van der Waals surface area contributed by atoms with Gasteiger partial charge in [-0.05, 0) is 48.2 Å². The summed E-state index contributed by atoms with van der Waals surface area (Å²) in [5.41, 5.74) is 2.56. The topological polar surface area (TPSA) is 108 Å². The average Bonchev–Trinajstić information content (AvgIpc) is 2.82. The van der Waals surface area contributed by atoms with Crippen LogP contribution in [-0.4, -0.2) is 61.0 Å². The molecule has 1 heterocycles. The average molecular weight is 468 g/mol. The fraction of sp³-hybridized carbons (Fsp3) is 0.423. The summed E-state index contributed by atoms with van der Waals surface area (Å²) in [5, 5.41) is 16.3. The van der Waals surface area contributed by atoms with Crippen LogP contribution < -0.4 is 15.4 Å². The zero-order valence-electron chi connectivity index (χ0n) is 20.0. The zero-order valence-corrected chi connectivity index (χ0v) is 20.0. The maximum Gasteiger partial charge on any atom is 0.255 e. The lowest BCUT2D eigenvalue weighted by Gasteiger charge is -2.25. The molecule has 0 spiro atoms. The molecule has 0 saturated carbocycles. The normalized spacial score (nSPS) is 15.7. The molecule has 0 unspecified atom stereocenters. The van der Waals surface area contributed by atoms with E-state index >= 15 is 0 Å². The molecule has 3 amide bonds. The molecular weight excluding hydrogens is 434 g/mol. The van der Waals surface area contributed by atoms with Gasteiger partial charge in [-0.1, -0.05) is 26.0 Å². The first-order valence-corrected chi connectivity index (χ1v) is 11.6. The predicted molar refractivity (Wildman–Crippen MR) is 130 cm³/mol. The van der Waals surface area contributed by atoms with Crippen molar-refractivity contribution in [3.63, 3.8) is 0 Å².